The first-order valence-electron chi connectivity index (χ1n) is 9.99. The summed E-state index contributed by atoms with van der Waals surface area (Å²) in [7, 11) is 1.63. The molecule has 8 heteroatoms. The number of piperidine rings is 1. The molecule has 7 nitrogen and oxygen atoms in total. The average molecular weight is 506 g/mol. The Morgan fingerprint density at radius 1 is 1.43 bits per heavy atom. The number of carbonyl (C=O) groups excluding carboxylic acids is 1. The molecular weight excluding hydrogens is 471 g/mol. The summed E-state index contributed by atoms with van der Waals surface area (Å²) in [6.45, 7) is 7.03. The van der Waals surface area contributed by atoms with Gasteiger partial charge in [0.2, 0.25) is 5.91 Å². The van der Waals surface area contributed by atoms with Gasteiger partial charge < -0.3 is 24.7 Å². The highest BCUT2D eigenvalue weighted by Crippen LogP contribution is 2.12. The number of hydrogen-bond donors (Lipinski definition) is 2. The number of guanidine groups is 1. The van der Waals surface area contributed by atoms with Crippen molar-refractivity contribution in [2.75, 3.05) is 33.4 Å². The van der Waals surface area contributed by atoms with E-state index in [1.165, 1.54) is 0 Å². The number of halogens is 1. The Hall–Kier alpha value is -1.29. The van der Waals surface area contributed by atoms with Crippen molar-refractivity contribution in [1.29, 1.82) is 0 Å². The van der Waals surface area contributed by atoms with Crippen molar-refractivity contribution in [3.05, 3.63) is 24.2 Å². The molecule has 0 aromatic carbocycles. The molecule has 28 heavy (non-hydrogen) atoms. The molecule has 2 N–H and O–H groups in total. The molecular formula is C20H35IN4O3. The number of hydrogen-bond acceptors (Lipinski definition) is 4. The maximum Gasteiger partial charge on any atom is 0.224 e. The van der Waals surface area contributed by atoms with Gasteiger partial charge in [-0.2, -0.15) is 0 Å². The highest BCUT2D eigenvalue weighted by atomic mass is 127. The van der Waals surface area contributed by atoms with Crippen LogP contribution in [-0.2, 0) is 16.0 Å². The van der Waals surface area contributed by atoms with Gasteiger partial charge in [0.1, 0.15) is 5.76 Å². The van der Waals surface area contributed by atoms with E-state index in [1.807, 2.05) is 17.0 Å². The van der Waals surface area contributed by atoms with Crippen molar-refractivity contribution < 1.29 is 13.9 Å². The lowest BCUT2D eigenvalue weighted by molar-refractivity contribution is -0.133. The fourth-order valence-electron chi connectivity index (χ4n) is 3.02. The molecule has 1 unspecified atom stereocenters. The molecule has 1 aromatic rings. The Bertz CT molecular complexity index is 572. The number of furan rings is 1. The van der Waals surface area contributed by atoms with Crippen LogP contribution in [0, 0.1) is 0 Å². The minimum atomic E-state index is 0. The monoisotopic (exact) mass is 506 g/mol. The topological polar surface area (TPSA) is 79.1 Å². The molecule has 0 bridgehead atoms. The first-order chi connectivity index (χ1) is 13.1. The van der Waals surface area contributed by atoms with Crippen LogP contribution in [0.5, 0.6) is 0 Å². The minimum absolute atomic E-state index is 0. The van der Waals surface area contributed by atoms with E-state index in [1.54, 1.807) is 13.4 Å². The predicted molar refractivity (Wildman–Crippen MR) is 122 cm³/mol. The molecule has 1 saturated heterocycles. The van der Waals surface area contributed by atoms with Crippen LogP contribution in [0.25, 0.3) is 0 Å². The third kappa shape index (κ3) is 8.81. The van der Waals surface area contributed by atoms with Gasteiger partial charge in [-0.1, -0.05) is 6.92 Å². The first-order valence-corrected chi connectivity index (χ1v) is 9.99. The Morgan fingerprint density at radius 3 is 2.79 bits per heavy atom. The molecule has 1 aliphatic rings. The molecule has 0 aliphatic carbocycles. The molecule has 1 fully saturated rings. The highest BCUT2D eigenvalue weighted by molar-refractivity contribution is 14.0. The number of carbonyl (C=O) groups is 1. The van der Waals surface area contributed by atoms with Gasteiger partial charge >= 0.3 is 0 Å². The van der Waals surface area contributed by atoms with Gasteiger partial charge in [-0.15, -0.1) is 24.0 Å². The summed E-state index contributed by atoms with van der Waals surface area (Å²) in [5, 5.41) is 7.02. The second kappa shape index (κ2) is 13.8. The van der Waals surface area contributed by atoms with Crippen LogP contribution in [0.4, 0.5) is 0 Å². The average Bonchev–Trinajstić information content (AvgIpc) is 3.20. The number of rotatable bonds is 9. The second-order valence-electron chi connectivity index (χ2n) is 7.06. The van der Waals surface area contributed by atoms with Crippen LogP contribution in [-0.4, -0.2) is 62.2 Å². The van der Waals surface area contributed by atoms with E-state index in [4.69, 9.17) is 14.1 Å². The summed E-state index contributed by atoms with van der Waals surface area (Å²) >= 11 is 0. The van der Waals surface area contributed by atoms with E-state index in [-0.39, 0.29) is 29.9 Å². The lowest BCUT2D eigenvalue weighted by Gasteiger charge is -2.33. The molecule has 1 atom stereocenters. The molecule has 0 spiro atoms. The molecule has 0 saturated carbocycles. The van der Waals surface area contributed by atoms with E-state index in [0.717, 1.165) is 50.5 Å². The van der Waals surface area contributed by atoms with Crippen LogP contribution in [0.3, 0.4) is 0 Å². The van der Waals surface area contributed by atoms with E-state index in [0.29, 0.717) is 31.7 Å². The predicted octanol–water partition coefficient (Wildman–Crippen LogP) is 2.80. The Balaban J connectivity index is 0.00000392. The van der Waals surface area contributed by atoms with Crippen LogP contribution in [0.2, 0.25) is 0 Å². The number of ether oxygens (including phenoxy) is 1. The maximum atomic E-state index is 12.1. The van der Waals surface area contributed by atoms with Gasteiger partial charge in [0.05, 0.1) is 19.3 Å². The van der Waals surface area contributed by atoms with Crippen molar-refractivity contribution in [1.82, 2.24) is 15.5 Å². The van der Waals surface area contributed by atoms with Crippen LogP contribution in [0.1, 0.15) is 45.3 Å². The third-order valence-electron chi connectivity index (χ3n) is 4.91. The van der Waals surface area contributed by atoms with Gasteiger partial charge in [-0.05, 0) is 38.3 Å². The normalized spacial score (nSPS) is 16.4. The van der Waals surface area contributed by atoms with Gasteiger partial charge in [0, 0.05) is 45.2 Å². The summed E-state index contributed by atoms with van der Waals surface area (Å²) < 4.78 is 10.4. The van der Waals surface area contributed by atoms with Gasteiger partial charge in [0.25, 0.3) is 0 Å². The number of likely N-dealkylation sites (tertiary alicyclic amines) is 1. The second-order valence-corrected chi connectivity index (χ2v) is 7.06. The molecule has 2 rings (SSSR count). The zero-order chi connectivity index (χ0) is 19.5. The summed E-state index contributed by atoms with van der Waals surface area (Å²) in [4.78, 5) is 18.8. The highest BCUT2D eigenvalue weighted by Gasteiger charge is 2.23. The van der Waals surface area contributed by atoms with Gasteiger partial charge in [-0.25, -0.2) is 0 Å². The largest absolute Gasteiger partial charge is 0.469 e. The smallest absolute Gasteiger partial charge is 0.224 e. The SMILES string of the molecule is CCC(C)NC(=NCCc1ccco1)NC1CCN(C(=O)CCOC)CC1.I. The lowest BCUT2D eigenvalue weighted by atomic mass is 10.0. The molecule has 1 aromatic heterocycles. The van der Waals surface area contributed by atoms with Crippen LogP contribution >= 0.6 is 24.0 Å². The first kappa shape index (κ1) is 24.7. The third-order valence-corrected chi connectivity index (χ3v) is 4.91. The molecule has 0 radical (unpaired) electrons. The van der Waals surface area contributed by atoms with Gasteiger partial charge in [0.15, 0.2) is 5.96 Å². The fraction of sp³-hybridized carbons (Fsp3) is 0.700. The van der Waals surface area contributed by atoms with Crippen molar-refractivity contribution in [3.63, 3.8) is 0 Å². The Labute approximate surface area is 185 Å². The number of nitrogens with one attached hydrogen (secondary N) is 2. The van der Waals surface area contributed by atoms with Crippen molar-refractivity contribution in [2.45, 2.75) is 58.0 Å². The quantitative estimate of drug-likeness (QED) is 0.306. The number of aliphatic imine (C=N–C) groups is 1. The fourth-order valence-corrected chi connectivity index (χ4v) is 3.02. The number of methoxy groups -OCH3 is 1. The molecule has 2 heterocycles. The zero-order valence-electron chi connectivity index (χ0n) is 17.3. The van der Waals surface area contributed by atoms with E-state index in [2.05, 4.69) is 24.5 Å². The Morgan fingerprint density at radius 2 is 2.18 bits per heavy atom. The summed E-state index contributed by atoms with van der Waals surface area (Å²) in [6, 6.07) is 4.56. The maximum absolute atomic E-state index is 12.1. The van der Waals surface area contributed by atoms with E-state index < -0.39 is 0 Å². The minimum Gasteiger partial charge on any atom is -0.469 e. The van der Waals surface area contributed by atoms with E-state index >= 15 is 0 Å². The van der Waals surface area contributed by atoms with Crippen molar-refractivity contribution in [2.24, 2.45) is 4.99 Å². The zero-order valence-corrected chi connectivity index (χ0v) is 19.6. The van der Waals surface area contributed by atoms with Crippen LogP contribution in [0.15, 0.2) is 27.8 Å². The number of nitrogens with zero attached hydrogens (tertiary/aromatic N) is 2. The standard InChI is InChI=1S/C20H34N4O3.HI/c1-4-16(2)22-20(21-11-7-18-6-5-14-27-18)23-17-8-12-24(13-9-17)19(25)10-15-26-3;/h5-6,14,16-17H,4,7-13,15H2,1-3H3,(H2,21,22,23);1H. The van der Waals surface area contributed by atoms with Gasteiger partial charge in [-0.3, -0.25) is 9.79 Å². The van der Waals surface area contributed by atoms with Crippen molar-refractivity contribution >= 4 is 35.8 Å². The summed E-state index contributed by atoms with van der Waals surface area (Å²) in [5.74, 6) is 1.98. The number of amides is 1. The van der Waals surface area contributed by atoms with E-state index in [9.17, 15) is 4.79 Å². The van der Waals surface area contributed by atoms with Crippen molar-refractivity contribution in [3.8, 4) is 0 Å². The summed E-state index contributed by atoms with van der Waals surface area (Å²) in [5.41, 5.74) is 0. The molecule has 1 aliphatic heterocycles. The Kier molecular flexibility index (Phi) is 12.2. The molecule has 1 amide bonds. The van der Waals surface area contributed by atoms with Crippen LogP contribution < -0.4 is 10.6 Å². The lowest BCUT2D eigenvalue weighted by Crippen LogP contribution is -2.51. The molecule has 160 valence electrons. The summed E-state index contributed by atoms with van der Waals surface area (Å²) in [6.07, 6.45) is 5.83.